The summed E-state index contributed by atoms with van der Waals surface area (Å²) in [5.41, 5.74) is 9.49. The van der Waals surface area contributed by atoms with E-state index >= 15 is 0 Å². The van der Waals surface area contributed by atoms with Gasteiger partial charge in [0.2, 0.25) is 0 Å². The monoisotopic (exact) mass is 317 g/mol. The molecule has 0 fully saturated rings. The second kappa shape index (κ2) is 5.91. The van der Waals surface area contributed by atoms with Crippen LogP contribution in [0.4, 0.5) is 0 Å². The van der Waals surface area contributed by atoms with Crippen molar-refractivity contribution in [2.24, 2.45) is 5.73 Å². The molecule has 0 aliphatic carbocycles. The van der Waals surface area contributed by atoms with Gasteiger partial charge in [-0.3, -0.25) is 4.98 Å². The highest BCUT2D eigenvalue weighted by Gasteiger charge is 2.14. The summed E-state index contributed by atoms with van der Waals surface area (Å²) in [5.74, 6) is 0. The summed E-state index contributed by atoms with van der Waals surface area (Å²) in [5, 5.41) is 5.43. The number of hydrogen-bond acceptors (Lipinski definition) is 4. The summed E-state index contributed by atoms with van der Waals surface area (Å²) < 4.78 is 0. The van der Waals surface area contributed by atoms with Crippen LogP contribution in [-0.4, -0.2) is 9.97 Å². The second-order valence-electron chi connectivity index (χ2n) is 5.36. The van der Waals surface area contributed by atoms with Crippen molar-refractivity contribution >= 4 is 22.1 Å². The molecule has 1 unspecified atom stereocenters. The van der Waals surface area contributed by atoms with Gasteiger partial charge in [0.1, 0.15) is 5.01 Å². The largest absolute Gasteiger partial charge is 0.318 e. The van der Waals surface area contributed by atoms with Crippen LogP contribution in [0.1, 0.15) is 16.6 Å². The molecule has 112 valence electrons. The molecule has 2 aromatic carbocycles. The minimum Gasteiger partial charge on any atom is -0.318 e. The van der Waals surface area contributed by atoms with E-state index in [4.69, 9.17) is 10.7 Å². The zero-order valence-electron chi connectivity index (χ0n) is 12.4. The number of benzene rings is 2. The van der Waals surface area contributed by atoms with Crippen molar-refractivity contribution in [2.45, 2.75) is 6.04 Å². The molecule has 3 nitrogen and oxygen atoms in total. The van der Waals surface area contributed by atoms with Gasteiger partial charge in [-0.05, 0) is 28.5 Å². The molecule has 0 spiro atoms. The molecule has 2 heterocycles. The summed E-state index contributed by atoms with van der Waals surface area (Å²) in [6.45, 7) is 0. The van der Waals surface area contributed by atoms with Crippen LogP contribution < -0.4 is 5.73 Å². The molecule has 4 aromatic rings. The quantitative estimate of drug-likeness (QED) is 0.609. The van der Waals surface area contributed by atoms with Crippen molar-refractivity contribution in [2.75, 3.05) is 0 Å². The SMILES string of the molecule is NC(c1ccncc1)c1nc(-c2cccc3ccccc23)cs1. The van der Waals surface area contributed by atoms with Crippen molar-refractivity contribution in [1.82, 2.24) is 9.97 Å². The van der Waals surface area contributed by atoms with Gasteiger partial charge in [-0.1, -0.05) is 42.5 Å². The molecule has 0 radical (unpaired) electrons. The molecule has 0 saturated heterocycles. The summed E-state index contributed by atoms with van der Waals surface area (Å²) in [6, 6.07) is 18.3. The van der Waals surface area contributed by atoms with Crippen molar-refractivity contribution in [3.05, 3.63) is 82.9 Å². The zero-order valence-corrected chi connectivity index (χ0v) is 13.2. The maximum atomic E-state index is 6.34. The number of aromatic nitrogens is 2. The van der Waals surface area contributed by atoms with E-state index in [0.717, 1.165) is 21.8 Å². The number of thiazole rings is 1. The van der Waals surface area contributed by atoms with E-state index in [1.54, 1.807) is 23.7 Å². The standard InChI is InChI=1S/C19H15N3S/c20-18(14-8-10-21-11-9-14)19-22-17(12-23-19)16-7-3-5-13-4-1-2-6-15(13)16/h1-12,18H,20H2. The van der Waals surface area contributed by atoms with Gasteiger partial charge < -0.3 is 5.73 Å². The lowest BCUT2D eigenvalue weighted by molar-refractivity contribution is 0.855. The molecule has 2 aromatic heterocycles. The highest BCUT2D eigenvalue weighted by atomic mass is 32.1. The molecule has 0 aliphatic heterocycles. The van der Waals surface area contributed by atoms with E-state index in [2.05, 4.69) is 52.8 Å². The summed E-state index contributed by atoms with van der Waals surface area (Å²) in [7, 11) is 0. The Hall–Kier alpha value is -2.56. The zero-order chi connectivity index (χ0) is 15.6. The number of nitrogens with two attached hydrogens (primary N) is 1. The van der Waals surface area contributed by atoms with Gasteiger partial charge in [0.05, 0.1) is 11.7 Å². The Bertz CT molecular complexity index is 942. The normalized spacial score (nSPS) is 12.4. The van der Waals surface area contributed by atoms with Gasteiger partial charge in [0, 0.05) is 23.3 Å². The average Bonchev–Trinajstić information content (AvgIpc) is 3.11. The maximum Gasteiger partial charge on any atom is 0.115 e. The fraction of sp³-hybridized carbons (Fsp3) is 0.0526. The molecule has 0 saturated carbocycles. The van der Waals surface area contributed by atoms with Crippen LogP contribution in [0.2, 0.25) is 0 Å². The predicted octanol–water partition coefficient (Wildman–Crippen LogP) is 4.41. The summed E-state index contributed by atoms with van der Waals surface area (Å²) >= 11 is 1.60. The number of rotatable bonds is 3. The topological polar surface area (TPSA) is 51.8 Å². The lowest BCUT2D eigenvalue weighted by Gasteiger charge is -2.08. The fourth-order valence-corrected chi connectivity index (χ4v) is 3.56. The number of nitrogens with zero attached hydrogens (tertiary/aromatic N) is 2. The molecule has 0 amide bonds. The summed E-state index contributed by atoms with van der Waals surface area (Å²) in [4.78, 5) is 8.82. The number of pyridine rings is 1. The molecule has 4 heteroatoms. The Morgan fingerprint density at radius 3 is 2.57 bits per heavy atom. The summed E-state index contributed by atoms with van der Waals surface area (Å²) in [6.07, 6.45) is 3.52. The molecule has 2 N–H and O–H groups in total. The fourth-order valence-electron chi connectivity index (χ4n) is 2.72. The van der Waals surface area contributed by atoms with E-state index in [1.807, 2.05) is 12.1 Å². The third-order valence-electron chi connectivity index (χ3n) is 3.92. The first kappa shape index (κ1) is 14.1. The molecular weight excluding hydrogens is 302 g/mol. The van der Waals surface area contributed by atoms with Gasteiger partial charge in [-0.25, -0.2) is 4.98 Å². The van der Waals surface area contributed by atoms with Crippen molar-refractivity contribution in [3.63, 3.8) is 0 Å². The van der Waals surface area contributed by atoms with Gasteiger partial charge in [0.15, 0.2) is 0 Å². The highest BCUT2D eigenvalue weighted by Crippen LogP contribution is 2.31. The second-order valence-corrected chi connectivity index (χ2v) is 6.25. The van der Waals surface area contributed by atoms with E-state index in [-0.39, 0.29) is 6.04 Å². The van der Waals surface area contributed by atoms with Gasteiger partial charge >= 0.3 is 0 Å². The van der Waals surface area contributed by atoms with Crippen LogP contribution in [0, 0.1) is 0 Å². The Kier molecular flexibility index (Phi) is 3.61. The first-order valence-corrected chi connectivity index (χ1v) is 8.30. The van der Waals surface area contributed by atoms with Crippen molar-refractivity contribution in [3.8, 4) is 11.3 Å². The minimum absolute atomic E-state index is 0.216. The maximum absolute atomic E-state index is 6.34. The minimum atomic E-state index is -0.216. The van der Waals surface area contributed by atoms with Gasteiger partial charge in [0.25, 0.3) is 0 Å². The molecule has 4 rings (SSSR count). The smallest absolute Gasteiger partial charge is 0.115 e. The highest BCUT2D eigenvalue weighted by molar-refractivity contribution is 7.10. The first-order valence-electron chi connectivity index (χ1n) is 7.42. The lowest BCUT2D eigenvalue weighted by Crippen LogP contribution is -2.11. The van der Waals surface area contributed by atoms with Crippen LogP contribution >= 0.6 is 11.3 Å². The Morgan fingerprint density at radius 2 is 1.70 bits per heavy atom. The van der Waals surface area contributed by atoms with E-state index < -0.39 is 0 Å². The van der Waals surface area contributed by atoms with Crippen LogP contribution in [0.25, 0.3) is 22.0 Å². The van der Waals surface area contributed by atoms with Crippen molar-refractivity contribution < 1.29 is 0 Å². The Balaban J connectivity index is 1.75. The first-order chi connectivity index (χ1) is 11.3. The van der Waals surface area contributed by atoms with Crippen LogP contribution in [0.15, 0.2) is 72.4 Å². The predicted molar refractivity (Wildman–Crippen MR) is 95.3 cm³/mol. The lowest BCUT2D eigenvalue weighted by atomic mass is 10.0. The third kappa shape index (κ3) is 2.63. The Morgan fingerprint density at radius 1 is 0.913 bits per heavy atom. The van der Waals surface area contributed by atoms with Gasteiger partial charge in [-0.2, -0.15) is 0 Å². The molecule has 23 heavy (non-hydrogen) atoms. The van der Waals surface area contributed by atoms with Crippen LogP contribution in [0.5, 0.6) is 0 Å². The van der Waals surface area contributed by atoms with E-state index in [1.165, 1.54) is 10.8 Å². The van der Waals surface area contributed by atoms with E-state index in [0.29, 0.717) is 0 Å². The molecule has 0 bridgehead atoms. The van der Waals surface area contributed by atoms with Crippen molar-refractivity contribution in [1.29, 1.82) is 0 Å². The van der Waals surface area contributed by atoms with Crippen LogP contribution in [-0.2, 0) is 0 Å². The third-order valence-corrected chi connectivity index (χ3v) is 4.85. The van der Waals surface area contributed by atoms with Gasteiger partial charge in [-0.15, -0.1) is 11.3 Å². The molecule has 1 atom stereocenters. The number of hydrogen-bond donors (Lipinski definition) is 1. The average molecular weight is 317 g/mol. The van der Waals surface area contributed by atoms with Crippen LogP contribution in [0.3, 0.4) is 0 Å². The molecular formula is C19H15N3S. The van der Waals surface area contributed by atoms with E-state index in [9.17, 15) is 0 Å². The Labute approximate surface area is 138 Å². The molecule has 0 aliphatic rings. The number of fused-ring (bicyclic) bond motifs is 1.